The first-order valence-electron chi connectivity index (χ1n) is 12.0. The van der Waals surface area contributed by atoms with Crippen LogP contribution in [0.4, 0.5) is 0 Å². The number of carbonyl (C=O) groups is 4. The van der Waals surface area contributed by atoms with E-state index in [-0.39, 0.29) is 49.3 Å². The number of fused-ring (bicyclic) bond motifs is 1. The summed E-state index contributed by atoms with van der Waals surface area (Å²) in [4.78, 5) is 52.4. The summed E-state index contributed by atoms with van der Waals surface area (Å²) in [5.41, 5.74) is 2.62. The number of hydrogen-bond acceptors (Lipinski definition) is 8. The Labute approximate surface area is 225 Å². The highest BCUT2D eigenvalue weighted by molar-refractivity contribution is 6.30. The Balaban J connectivity index is 1.60. The van der Waals surface area contributed by atoms with E-state index in [2.05, 4.69) is 5.32 Å². The largest absolute Gasteiger partial charge is 0.466 e. The van der Waals surface area contributed by atoms with Crippen LogP contribution in [0, 0.1) is 0 Å². The molecule has 9 nitrogen and oxygen atoms in total. The van der Waals surface area contributed by atoms with Gasteiger partial charge in [0.25, 0.3) is 11.8 Å². The minimum atomic E-state index is -0.823. The number of amides is 2. The summed E-state index contributed by atoms with van der Waals surface area (Å²) in [5.74, 6) is -2.81. The second-order valence-electron chi connectivity index (χ2n) is 8.62. The smallest absolute Gasteiger partial charge is 0.336 e. The Morgan fingerprint density at radius 2 is 1.68 bits per heavy atom. The van der Waals surface area contributed by atoms with Crippen molar-refractivity contribution in [2.45, 2.75) is 19.8 Å². The van der Waals surface area contributed by atoms with Crippen molar-refractivity contribution in [3.63, 3.8) is 0 Å². The van der Waals surface area contributed by atoms with Crippen LogP contribution in [0.1, 0.15) is 46.0 Å². The topological polar surface area (TPSA) is 111 Å². The maximum atomic E-state index is 13.2. The third-order valence-electron chi connectivity index (χ3n) is 6.31. The fourth-order valence-electron chi connectivity index (χ4n) is 4.63. The predicted molar refractivity (Wildman–Crippen MR) is 138 cm³/mol. The molecule has 198 valence electrons. The van der Waals surface area contributed by atoms with Crippen LogP contribution in [0.5, 0.6) is 0 Å². The van der Waals surface area contributed by atoms with E-state index in [1.807, 2.05) is 0 Å². The minimum Gasteiger partial charge on any atom is -0.466 e. The molecular weight excluding hydrogens is 512 g/mol. The quantitative estimate of drug-likeness (QED) is 0.293. The van der Waals surface area contributed by atoms with Gasteiger partial charge in [-0.05, 0) is 43.7 Å². The second-order valence-corrected chi connectivity index (χ2v) is 9.05. The summed E-state index contributed by atoms with van der Waals surface area (Å²) in [6.07, 6.45) is 0. The Bertz CT molecular complexity index is 1330. The maximum absolute atomic E-state index is 13.2. The van der Waals surface area contributed by atoms with Crippen molar-refractivity contribution in [2.75, 3.05) is 33.5 Å². The van der Waals surface area contributed by atoms with E-state index in [0.29, 0.717) is 33.1 Å². The molecule has 2 amide bonds. The number of nitrogens with one attached hydrogen (secondary N) is 1. The second kappa shape index (κ2) is 11.6. The van der Waals surface area contributed by atoms with Crippen LogP contribution in [0.25, 0.3) is 0 Å². The minimum absolute atomic E-state index is 0.0290. The Morgan fingerprint density at radius 1 is 1.00 bits per heavy atom. The molecule has 0 saturated heterocycles. The van der Waals surface area contributed by atoms with Gasteiger partial charge >= 0.3 is 11.9 Å². The highest BCUT2D eigenvalue weighted by Gasteiger charge is 2.39. The standard InChI is InChI=1S/C28H27ClN2O7/c1-4-38-28(35)24-21(15-37-13-12-31-25(32)19-10-5-6-11-20(19)26(31)33)30-16(2)22(27(34)36-3)23(24)17-8-7-9-18(29)14-17/h5-11,14,23,30H,4,12-13,15H2,1-3H3. The van der Waals surface area contributed by atoms with Crippen molar-refractivity contribution in [2.24, 2.45) is 0 Å². The van der Waals surface area contributed by atoms with E-state index in [1.165, 1.54) is 7.11 Å². The summed E-state index contributed by atoms with van der Waals surface area (Å²) in [7, 11) is 1.27. The van der Waals surface area contributed by atoms with E-state index < -0.39 is 17.9 Å². The fourth-order valence-corrected chi connectivity index (χ4v) is 4.83. The molecule has 0 bridgehead atoms. The van der Waals surface area contributed by atoms with Crippen LogP contribution in [-0.2, 0) is 23.8 Å². The van der Waals surface area contributed by atoms with Gasteiger partial charge in [-0.1, -0.05) is 35.9 Å². The third-order valence-corrected chi connectivity index (χ3v) is 6.55. The number of ether oxygens (including phenoxy) is 3. The van der Waals surface area contributed by atoms with Crippen LogP contribution in [-0.4, -0.2) is 62.1 Å². The van der Waals surface area contributed by atoms with E-state index in [1.54, 1.807) is 62.4 Å². The molecule has 1 N–H and O–H groups in total. The summed E-state index contributed by atoms with van der Waals surface area (Å²) in [6, 6.07) is 13.5. The van der Waals surface area contributed by atoms with Gasteiger partial charge in [-0.25, -0.2) is 9.59 Å². The van der Waals surface area contributed by atoms with Crippen molar-refractivity contribution in [1.29, 1.82) is 0 Å². The first kappa shape index (κ1) is 27.1. The van der Waals surface area contributed by atoms with E-state index in [4.69, 9.17) is 25.8 Å². The normalized spacial score (nSPS) is 16.9. The van der Waals surface area contributed by atoms with Gasteiger partial charge < -0.3 is 19.5 Å². The van der Waals surface area contributed by atoms with Gasteiger partial charge in [0.1, 0.15) is 0 Å². The zero-order valence-electron chi connectivity index (χ0n) is 21.2. The molecule has 0 aliphatic carbocycles. The van der Waals surface area contributed by atoms with Gasteiger partial charge in [-0.2, -0.15) is 0 Å². The Kier molecular flexibility index (Phi) is 8.29. The van der Waals surface area contributed by atoms with Crippen molar-refractivity contribution in [3.05, 3.63) is 92.8 Å². The summed E-state index contributed by atoms with van der Waals surface area (Å²) in [5, 5.41) is 3.53. The molecule has 1 unspecified atom stereocenters. The van der Waals surface area contributed by atoms with E-state index in [0.717, 1.165) is 4.90 Å². The van der Waals surface area contributed by atoms with E-state index in [9.17, 15) is 19.2 Å². The lowest BCUT2D eigenvalue weighted by molar-refractivity contribution is -0.139. The number of esters is 2. The molecule has 10 heteroatoms. The van der Waals surface area contributed by atoms with Crippen LogP contribution in [0.3, 0.4) is 0 Å². The number of hydrogen-bond donors (Lipinski definition) is 1. The molecule has 2 aliphatic rings. The number of dihydropyridines is 1. The average Bonchev–Trinajstić information content (AvgIpc) is 3.15. The highest BCUT2D eigenvalue weighted by Crippen LogP contribution is 2.40. The SMILES string of the molecule is CCOC(=O)C1=C(COCCN2C(=O)c3ccccc3C2=O)NC(C)=C(C(=O)OC)C1c1cccc(Cl)c1. The molecule has 2 heterocycles. The molecular formula is C28H27ClN2O7. The number of benzene rings is 2. The van der Waals surface area contributed by atoms with E-state index >= 15 is 0 Å². The lowest BCUT2D eigenvalue weighted by Gasteiger charge is -2.31. The van der Waals surface area contributed by atoms with Crippen LogP contribution in [0.15, 0.2) is 71.1 Å². The third kappa shape index (κ3) is 5.20. The summed E-state index contributed by atoms with van der Waals surface area (Å²) >= 11 is 6.24. The lowest BCUT2D eigenvalue weighted by atomic mass is 9.80. The summed E-state index contributed by atoms with van der Waals surface area (Å²) in [6.45, 7) is 3.50. The predicted octanol–water partition coefficient (Wildman–Crippen LogP) is 3.60. The van der Waals surface area contributed by atoms with Crippen molar-refractivity contribution in [3.8, 4) is 0 Å². The molecule has 0 radical (unpaired) electrons. The molecule has 4 rings (SSSR count). The fraction of sp³-hybridized carbons (Fsp3) is 0.286. The monoisotopic (exact) mass is 538 g/mol. The zero-order valence-corrected chi connectivity index (χ0v) is 22.0. The lowest BCUT2D eigenvalue weighted by Crippen LogP contribution is -2.36. The van der Waals surface area contributed by atoms with Gasteiger partial charge in [-0.3, -0.25) is 14.5 Å². The Morgan fingerprint density at radius 3 is 2.29 bits per heavy atom. The number of rotatable bonds is 9. The first-order valence-corrected chi connectivity index (χ1v) is 12.4. The van der Waals surface area contributed by atoms with Gasteiger partial charge in [0.15, 0.2) is 0 Å². The molecule has 1 atom stereocenters. The number of carbonyl (C=O) groups excluding carboxylic acids is 4. The molecule has 0 fully saturated rings. The highest BCUT2D eigenvalue weighted by atomic mass is 35.5. The number of allylic oxidation sites excluding steroid dienone is 1. The van der Waals surface area contributed by atoms with Gasteiger partial charge in [0, 0.05) is 10.7 Å². The molecule has 2 aromatic rings. The van der Waals surface area contributed by atoms with Gasteiger partial charge in [-0.15, -0.1) is 0 Å². The molecule has 2 aliphatic heterocycles. The molecule has 0 saturated carbocycles. The first-order chi connectivity index (χ1) is 18.3. The zero-order chi connectivity index (χ0) is 27.4. The maximum Gasteiger partial charge on any atom is 0.336 e. The Hall–Kier alpha value is -3.95. The number of halogens is 1. The van der Waals surface area contributed by atoms with Crippen molar-refractivity contribution >= 4 is 35.4 Å². The van der Waals surface area contributed by atoms with Crippen LogP contribution >= 0.6 is 11.6 Å². The summed E-state index contributed by atoms with van der Waals surface area (Å²) < 4.78 is 16.2. The molecule has 0 spiro atoms. The molecule has 38 heavy (non-hydrogen) atoms. The molecule has 2 aromatic carbocycles. The van der Waals surface area contributed by atoms with Gasteiger partial charge in [0.05, 0.1) is 67.4 Å². The number of methoxy groups -OCH3 is 1. The number of nitrogens with zero attached hydrogens (tertiary/aromatic N) is 1. The molecule has 0 aromatic heterocycles. The van der Waals surface area contributed by atoms with Gasteiger partial charge in [0.2, 0.25) is 0 Å². The van der Waals surface area contributed by atoms with Crippen LogP contribution in [0.2, 0.25) is 5.02 Å². The number of imide groups is 1. The average molecular weight is 539 g/mol. The van der Waals surface area contributed by atoms with Crippen molar-refractivity contribution < 1.29 is 33.4 Å². The van der Waals surface area contributed by atoms with Crippen molar-refractivity contribution in [1.82, 2.24) is 10.2 Å². The van der Waals surface area contributed by atoms with Crippen LogP contribution < -0.4 is 5.32 Å².